The number of hydrogen-bond donors (Lipinski definition) is 2. The molecule has 0 fully saturated rings. The Kier molecular flexibility index (Phi) is 3.96. The molecule has 0 aliphatic rings. The molecule has 3 aromatic rings. The number of fused-ring (bicyclic) bond motifs is 1. The van der Waals surface area contributed by atoms with Crippen molar-refractivity contribution in [2.75, 3.05) is 18.1 Å². The number of aromatic amines is 1. The Morgan fingerprint density at radius 1 is 1.12 bits per heavy atom. The lowest BCUT2D eigenvalue weighted by molar-refractivity contribution is 0.416. The molecule has 0 unspecified atom stereocenters. The van der Waals surface area contributed by atoms with Gasteiger partial charge in [-0.2, -0.15) is 0 Å². The van der Waals surface area contributed by atoms with Crippen LogP contribution in [0.4, 0.5) is 5.69 Å². The lowest BCUT2D eigenvalue weighted by Crippen LogP contribution is -2.09. The van der Waals surface area contributed by atoms with Crippen LogP contribution < -0.4 is 9.46 Å². The predicted molar refractivity (Wildman–Crippen MR) is 96.0 cm³/mol. The topological polar surface area (TPSA) is 84.1 Å². The summed E-state index contributed by atoms with van der Waals surface area (Å²) in [6.45, 7) is 4.11. The Morgan fingerprint density at radius 2 is 1.83 bits per heavy atom. The third-order valence-electron chi connectivity index (χ3n) is 3.86. The molecule has 2 aromatic carbocycles. The van der Waals surface area contributed by atoms with Gasteiger partial charge in [0.1, 0.15) is 11.6 Å². The number of aryl methyl sites for hydroxylation is 2. The molecule has 1 aromatic heterocycles. The molecular formula is C17H19N3O3S. The van der Waals surface area contributed by atoms with E-state index in [0.717, 1.165) is 22.9 Å². The molecule has 2 N–H and O–H groups in total. The van der Waals surface area contributed by atoms with Gasteiger partial charge in [0.15, 0.2) is 0 Å². The number of sulfonamides is 1. The van der Waals surface area contributed by atoms with E-state index in [1.54, 1.807) is 25.3 Å². The van der Waals surface area contributed by atoms with Gasteiger partial charge in [0.25, 0.3) is 0 Å². The van der Waals surface area contributed by atoms with E-state index in [1.807, 2.05) is 6.07 Å². The van der Waals surface area contributed by atoms with Gasteiger partial charge in [0.05, 0.1) is 35.6 Å². The van der Waals surface area contributed by atoms with Gasteiger partial charge in [-0.15, -0.1) is 0 Å². The van der Waals surface area contributed by atoms with E-state index >= 15 is 0 Å². The number of hydrogen-bond acceptors (Lipinski definition) is 4. The summed E-state index contributed by atoms with van der Waals surface area (Å²) in [5, 5.41) is 0. The average molecular weight is 345 g/mol. The fourth-order valence-electron chi connectivity index (χ4n) is 2.56. The van der Waals surface area contributed by atoms with Crippen LogP contribution in [0.25, 0.3) is 22.4 Å². The van der Waals surface area contributed by atoms with E-state index in [4.69, 9.17) is 4.74 Å². The maximum Gasteiger partial charge on any atom is 0.229 e. The van der Waals surface area contributed by atoms with Crippen molar-refractivity contribution in [1.82, 2.24) is 9.97 Å². The summed E-state index contributed by atoms with van der Waals surface area (Å²) in [5.74, 6) is 1.22. The molecule has 0 amide bonds. The summed E-state index contributed by atoms with van der Waals surface area (Å²) < 4.78 is 30.6. The highest BCUT2D eigenvalue weighted by Gasteiger charge is 2.13. The number of aromatic nitrogens is 2. The first-order valence-electron chi connectivity index (χ1n) is 7.40. The van der Waals surface area contributed by atoms with Crippen LogP contribution in [0.15, 0.2) is 30.3 Å². The Labute approximate surface area is 140 Å². The largest absolute Gasteiger partial charge is 0.496 e. The van der Waals surface area contributed by atoms with E-state index < -0.39 is 10.0 Å². The number of H-pyrrole nitrogens is 1. The number of anilines is 1. The molecule has 6 nitrogen and oxygen atoms in total. The second-order valence-electron chi connectivity index (χ2n) is 5.83. The van der Waals surface area contributed by atoms with E-state index in [2.05, 4.69) is 34.6 Å². The Bertz CT molecular complexity index is 984. The Morgan fingerprint density at radius 3 is 2.50 bits per heavy atom. The molecule has 0 saturated carbocycles. The van der Waals surface area contributed by atoms with Gasteiger partial charge in [-0.05, 0) is 49.2 Å². The monoisotopic (exact) mass is 345 g/mol. The van der Waals surface area contributed by atoms with Gasteiger partial charge in [0, 0.05) is 6.07 Å². The van der Waals surface area contributed by atoms with Gasteiger partial charge in [-0.25, -0.2) is 13.4 Å². The van der Waals surface area contributed by atoms with Crippen molar-refractivity contribution in [3.8, 4) is 17.1 Å². The van der Waals surface area contributed by atoms with Gasteiger partial charge < -0.3 is 9.72 Å². The van der Waals surface area contributed by atoms with Crippen molar-refractivity contribution < 1.29 is 13.2 Å². The van der Waals surface area contributed by atoms with Gasteiger partial charge >= 0.3 is 0 Å². The fraction of sp³-hybridized carbons (Fsp3) is 0.235. The number of methoxy groups -OCH3 is 1. The summed E-state index contributed by atoms with van der Waals surface area (Å²) >= 11 is 0. The smallest absolute Gasteiger partial charge is 0.229 e. The lowest BCUT2D eigenvalue weighted by atomic mass is 10.1. The number of nitrogens with one attached hydrogen (secondary N) is 2. The minimum absolute atomic E-state index is 0.445. The molecule has 0 atom stereocenters. The highest BCUT2D eigenvalue weighted by Crippen LogP contribution is 2.32. The summed E-state index contributed by atoms with van der Waals surface area (Å²) in [7, 11) is -1.80. The number of imidazole rings is 1. The van der Waals surface area contributed by atoms with Crippen LogP contribution in [0.1, 0.15) is 11.1 Å². The number of benzene rings is 2. The molecule has 0 bridgehead atoms. The molecule has 0 aliphatic carbocycles. The first-order valence-corrected chi connectivity index (χ1v) is 9.29. The van der Waals surface area contributed by atoms with Crippen molar-refractivity contribution in [3.05, 3.63) is 41.5 Å². The maximum atomic E-state index is 11.4. The third kappa shape index (κ3) is 3.21. The molecule has 0 radical (unpaired) electrons. The molecule has 0 aliphatic heterocycles. The molecular weight excluding hydrogens is 326 g/mol. The maximum absolute atomic E-state index is 11.4. The quantitative estimate of drug-likeness (QED) is 0.760. The number of rotatable bonds is 4. The van der Waals surface area contributed by atoms with Gasteiger partial charge in [0.2, 0.25) is 10.0 Å². The van der Waals surface area contributed by atoms with E-state index in [1.165, 1.54) is 11.1 Å². The van der Waals surface area contributed by atoms with Crippen LogP contribution in [0, 0.1) is 13.8 Å². The average Bonchev–Trinajstić information content (AvgIpc) is 2.88. The van der Waals surface area contributed by atoms with Crippen LogP contribution >= 0.6 is 0 Å². The van der Waals surface area contributed by atoms with Crippen molar-refractivity contribution in [1.29, 1.82) is 0 Å². The van der Waals surface area contributed by atoms with Crippen molar-refractivity contribution >= 4 is 26.7 Å². The minimum Gasteiger partial charge on any atom is -0.496 e. The van der Waals surface area contributed by atoms with Gasteiger partial charge in [-0.3, -0.25) is 4.72 Å². The van der Waals surface area contributed by atoms with Crippen LogP contribution in [0.5, 0.6) is 5.75 Å². The Hall–Kier alpha value is -2.54. The van der Waals surface area contributed by atoms with Crippen LogP contribution in [0.3, 0.4) is 0 Å². The molecule has 3 rings (SSSR count). The van der Waals surface area contributed by atoms with Crippen LogP contribution in [-0.4, -0.2) is 31.8 Å². The second kappa shape index (κ2) is 5.83. The van der Waals surface area contributed by atoms with Gasteiger partial charge in [-0.1, -0.05) is 0 Å². The van der Waals surface area contributed by atoms with Crippen LogP contribution in [0.2, 0.25) is 0 Å². The zero-order valence-electron chi connectivity index (χ0n) is 14.0. The fourth-order valence-corrected chi connectivity index (χ4v) is 3.12. The minimum atomic E-state index is -3.34. The van der Waals surface area contributed by atoms with E-state index in [0.29, 0.717) is 17.3 Å². The molecule has 1 heterocycles. The molecule has 7 heteroatoms. The number of ether oxygens (including phenoxy) is 1. The Balaban J connectivity index is 2.08. The summed E-state index contributed by atoms with van der Waals surface area (Å²) in [6.07, 6.45) is 1.11. The highest BCUT2D eigenvalue weighted by atomic mass is 32.2. The standard InChI is InChI=1S/C17H19N3O3S/c1-10-7-14-15(8-11(10)2)19-17(18-14)13-6-5-12(9-16(13)23-3)20-24(4,21)22/h5-9,20H,1-4H3,(H,18,19). The highest BCUT2D eigenvalue weighted by molar-refractivity contribution is 7.92. The molecule has 126 valence electrons. The molecule has 0 spiro atoms. The zero-order chi connectivity index (χ0) is 17.5. The molecule has 0 saturated heterocycles. The zero-order valence-corrected chi connectivity index (χ0v) is 14.8. The first-order chi connectivity index (χ1) is 11.3. The number of nitrogens with zero attached hydrogens (tertiary/aromatic N) is 1. The third-order valence-corrected chi connectivity index (χ3v) is 4.46. The second-order valence-corrected chi connectivity index (χ2v) is 7.58. The van der Waals surface area contributed by atoms with Crippen molar-refractivity contribution in [2.45, 2.75) is 13.8 Å². The lowest BCUT2D eigenvalue weighted by Gasteiger charge is -2.09. The SMILES string of the molecule is COc1cc(NS(C)(=O)=O)ccc1-c1nc2cc(C)c(C)cc2[nH]1. The van der Waals surface area contributed by atoms with Crippen LogP contribution in [-0.2, 0) is 10.0 Å². The van der Waals surface area contributed by atoms with E-state index in [9.17, 15) is 8.42 Å². The normalized spacial score (nSPS) is 11.7. The van der Waals surface area contributed by atoms with Crippen molar-refractivity contribution in [2.24, 2.45) is 0 Å². The molecule has 24 heavy (non-hydrogen) atoms. The van der Waals surface area contributed by atoms with E-state index in [-0.39, 0.29) is 0 Å². The predicted octanol–water partition coefficient (Wildman–Crippen LogP) is 3.23. The first kappa shape index (κ1) is 16.3. The summed E-state index contributed by atoms with van der Waals surface area (Å²) in [5.41, 5.74) is 5.42. The summed E-state index contributed by atoms with van der Waals surface area (Å²) in [6, 6.07) is 9.20. The van der Waals surface area contributed by atoms with Crippen molar-refractivity contribution in [3.63, 3.8) is 0 Å². The summed E-state index contributed by atoms with van der Waals surface area (Å²) in [4.78, 5) is 7.92.